The van der Waals surface area contributed by atoms with E-state index in [4.69, 9.17) is 5.73 Å². The quantitative estimate of drug-likeness (QED) is 0.448. The summed E-state index contributed by atoms with van der Waals surface area (Å²) >= 11 is 0. The van der Waals surface area contributed by atoms with E-state index in [2.05, 4.69) is 9.47 Å². The Hall–Kier alpha value is -2.04. The van der Waals surface area contributed by atoms with Gasteiger partial charge in [-0.25, -0.2) is 4.79 Å². The summed E-state index contributed by atoms with van der Waals surface area (Å²) in [5, 5.41) is 0. The van der Waals surface area contributed by atoms with Crippen molar-refractivity contribution in [2.45, 2.75) is 6.42 Å². The number of hydrogen-bond donors (Lipinski definition) is 1. The predicted octanol–water partition coefficient (Wildman–Crippen LogP) is 1.12. The zero-order valence-electron chi connectivity index (χ0n) is 8.23. The second-order valence-corrected chi connectivity index (χ2v) is 2.80. The maximum absolute atomic E-state index is 11.2. The second-order valence-electron chi connectivity index (χ2n) is 2.80. The number of carbonyl (C=O) groups excluding carboxylic acids is 2. The maximum Gasteiger partial charge on any atom is 0.515 e. The number of rotatable bonds is 2. The van der Waals surface area contributed by atoms with Crippen LogP contribution in [0.5, 0.6) is 0 Å². The first-order valence-electron chi connectivity index (χ1n) is 4.25. The molecule has 0 aromatic heterocycles. The topological polar surface area (TPSA) is 78.6 Å². The minimum absolute atomic E-state index is 0.0538. The number of carbonyl (C=O) groups is 2. The first-order chi connectivity index (χ1) is 7.13. The summed E-state index contributed by atoms with van der Waals surface area (Å²) in [5.74, 6) is -0.695. The molecule has 0 fully saturated rings. The molecule has 80 valence electrons. The van der Waals surface area contributed by atoms with Crippen LogP contribution < -0.4 is 5.73 Å². The molecule has 0 bridgehead atoms. The van der Waals surface area contributed by atoms with Crippen molar-refractivity contribution in [3.63, 3.8) is 0 Å². The van der Waals surface area contributed by atoms with Gasteiger partial charge in [0.15, 0.2) is 0 Å². The van der Waals surface area contributed by atoms with Crippen LogP contribution in [-0.4, -0.2) is 19.2 Å². The van der Waals surface area contributed by atoms with Crippen molar-refractivity contribution in [3.05, 3.63) is 29.8 Å². The number of para-hydroxylation sites is 1. The van der Waals surface area contributed by atoms with Crippen LogP contribution in [-0.2, 0) is 20.7 Å². The van der Waals surface area contributed by atoms with Crippen LogP contribution in [0.1, 0.15) is 5.56 Å². The van der Waals surface area contributed by atoms with Crippen molar-refractivity contribution in [1.82, 2.24) is 0 Å². The highest BCUT2D eigenvalue weighted by Gasteiger charge is 2.12. The first kappa shape index (κ1) is 11.0. The van der Waals surface area contributed by atoms with E-state index in [0.29, 0.717) is 11.3 Å². The largest absolute Gasteiger partial charge is 0.515 e. The fraction of sp³-hybridized carbons (Fsp3) is 0.200. The molecule has 0 spiro atoms. The van der Waals surface area contributed by atoms with Gasteiger partial charge in [0, 0.05) is 5.69 Å². The maximum atomic E-state index is 11.2. The third kappa shape index (κ3) is 3.30. The van der Waals surface area contributed by atoms with Gasteiger partial charge >= 0.3 is 12.1 Å². The normalized spacial score (nSPS) is 9.40. The molecule has 0 saturated carbocycles. The number of ether oxygens (including phenoxy) is 2. The highest BCUT2D eigenvalue weighted by molar-refractivity contribution is 5.84. The zero-order chi connectivity index (χ0) is 11.3. The average Bonchev–Trinajstić information content (AvgIpc) is 2.21. The Bertz CT molecular complexity index is 375. The predicted molar refractivity (Wildman–Crippen MR) is 53.1 cm³/mol. The number of anilines is 1. The van der Waals surface area contributed by atoms with Gasteiger partial charge in [-0.05, 0) is 11.6 Å². The third-order valence-electron chi connectivity index (χ3n) is 1.75. The van der Waals surface area contributed by atoms with Gasteiger partial charge in [-0.15, -0.1) is 0 Å². The van der Waals surface area contributed by atoms with Crippen molar-refractivity contribution in [3.8, 4) is 0 Å². The van der Waals surface area contributed by atoms with Gasteiger partial charge in [0.1, 0.15) is 0 Å². The first-order valence-corrected chi connectivity index (χ1v) is 4.25. The van der Waals surface area contributed by atoms with Gasteiger partial charge in [0.05, 0.1) is 13.5 Å². The molecule has 1 aromatic rings. The molecule has 15 heavy (non-hydrogen) atoms. The minimum Gasteiger partial charge on any atom is -0.437 e. The SMILES string of the molecule is COC(=O)OC(=O)Cc1ccccc1N. The molecule has 0 radical (unpaired) electrons. The Kier molecular flexibility index (Phi) is 3.68. The summed E-state index contributed by atoms with van der Waals surface area (Å²) in [7, 11) is 1.13. The van der Waals surface area contributed by atoms with Crippen LogP contribution in [0.4, 0.5) is 10.5 Å². The molecule has 0 heterocycles. The molecular formula is C10H11NO4. The minimum atomic E-state index is -1.02. The van der Waals surface area contributed by atoms with E-state index in [1.165, 1.54) is 0 Å². The summed E-state index contributed by atoms with van der Waals surface area (Å²) in [4.78, 5) is 21.8. The zero-order valence-corrected chi connectivity index (χ0v) is 8.23. The molecule has 0 aliphatic carbocycles. The van der Waals surface area contributed by atoms with Crippen LogP contribution in [0.2, 0.25) is 0 Å². The molecule has 0 saturated heterocycles. The summed E-state index contributed by atoms with van der Waals surface area (Å²) in [6, 6.07) is 6.86. The molecule has 5 heteroatoms. The highest BCUT2D eigenvalue weighted by Crippen LogP contribution is 2.11. The van der Waals surface area contributed by atoms with Gasteiger partial charge in [-0.1, -0.05) is 18.2 Å². The van der Waals surface area contributed by atoms with Crippen LogP contribution >= 0.6 is 0 Å². The Labute approximate surface area is 86.8 Å². The molecule has 5 nitrogen and oxygen atoms in total. The lowest BCUT2D eigenvalue weighted by Gasteiger charge is -2.03. The molecule has 0 unspecified atom stereocenters. The number of nitrogen functional groups attached to an aromatic ring is 1. The molecule has 0 aliphatic heterocycles. The monoisotopic (exact) mass is 209 g/mol. The van der Waals surface area contributed by atoms with E-state index < -0.39 is 12.1 Å². The van der Waals surface area contributed by atoms with E-state index in [1.54, 1.807) is 24.3 Å². The lowest BCUT2D eigenvalue weighted by atomic mass is 10.1. The van der Waals surface area contributed by atoms with Gasteiger partial charge in [0.25, 0.3) is 0 Å². The van der Waals surface area contributed by atoms with Gasteiger partial charge in [-0.3, -0.25) is 4.79 Å². The van der Waals surface area contributed by atoms with Crippen LogP contribution in [0.25, 0.3) is 0 Å². The lowest BCUT2D eigenvalue weighted by molar-refractivity contribution is -0.138. The summed E-state index contributed by atoms with van der Waals surface area (Å²) in [5.41, 5.74) is 6.71. The standard InChI is InChI=1S/C10H11NO4/c1-14-10(13)15-9(12)6-7-4-2-3-5-8(7)11/h2-5H,6,11H2,1H3. The van der Waals surface area contributed by atoms with Gasteiger partial charge in [0.2, 0.25) is 0 Å². The number of esters is 1. The summed E-state index contributed by atoms with van der Waals surface area (Å²) in [6.07, 6.45) is -1.07. The van der Waals surface area contributed by atoms with E-state index in [9.17, 15) is 9.59 Å². The van der Waals surface area contributed by atoms with Crippen molar-refractivity contribution in [2.75, 3.05) is 12.8 Å². The molecular weight excluding hydrogens is 198 g/mol. The molecule has 1 aromatic carbocycles. The molecule has 1 rings (SSSR count). The number of nitrogens with two attached hydrogens (primary N) is 1. The van der Waals surface area contributed by atoms with Crippen molar-refractivity contribution >= 4 is 17.8 Å². The molecule has 0 atom stereocenters. The van der Waals surface area contributed by atoms with Crippen LogP contribution in [0.15, 0.2) is 24.3 Å². The summed E-state index contributed by atoms with van der Waals surface area (Å²) < 4.78 is 8.48. The van der Waals surface area contributed by atoms with Crippen LogP contribution in [0, 0.1) is 0 Å². The molecule has 2 N–H and O–H groups in total. The molecule has 0 amide bonds. The smallest absolute Gasteiger partial charge is 0.437 e. The number of benzene rings is 1. The van der Waals surface area contributed by atoms with Gasteiger partial charge < -0.3 is 15.2 Å². The van der Waals surface area contributed by atoms with E-state index >= 15 is 0 Å². The Morgan fingerprint density at radius 2 is 2.00 bits per heavy atom. The number of hydrogen-bond acceptors (Lipinski definition) is 5. The van der Waals surface area contributed by atoms with Crippen molar-refractivity contribution in [2.24, 2.45) is 0 Å². The van der Waals surface area contributed by atoms with Crippen molar-refractivity contribution < 1.29 is 19.1 Å². The van der Waals surface area contributed by atoms with Crippen molar-refractivity contribution in [1.29, 1.82) is 0 Å². The van der Waals surface area contributed by atoms with E-state index in [1.807, 2.05) is 0 Å². The number of methoxy groups -OCH3 is 1. The molecule has 0 aliphatic rings. The summed E-state index contributed by atoms with van der Waals surface area (Å²) in [6.45, 7) is 0. The fourth-order valence-electron chi connectivity index (χ4n) is 1.02. The fourth-order valence-corrected chi connectivity index (χ4v) is 1.02. The lowest BCUT2D eigenvalue weighted by Crippen LogP contribution is -2.14. The highest BCUT2D eigenvalue weighted by atomic mass is 16.7. The Morgan fingerprint density at radius 1 is 1.33 bits per heavy atom. The van der Waals surface area contributed by atoms with E-state index in [-0.39, 0.29) is 6.42 Å². The van der Waals surface area contributed by atoms with Gasteiger partial charge in [-0.2, -0.15) is 0 Å². The second kappa shape index (κ2) is 4.99. The Balaban J connectivity index is 2.59. The Morgan fingerprint density at radius 3 is 2.60 bits per heavy atom. The third-order valence-corrected chi connectivity index (χ3v) is 1.75. The average molecular weight is 209 g/mol. The van der Waals surface area contributed by atoms with Crippen LogP contribution in [0.3, 0.4) is 0 Å². The van der Waals surface area contributed by atoms with E-state index in [0.717, 1.165) is 7.11 Å².